The molecule has 0 aliphatic heterocycles. The van der Waals surface area contributed by atoms with Crippen LogP contribution in [0.15, 0.2) is 53.1 Å². The number of halogens is 1. The third kappa shape index (κ3) is 4.17. The molecule has 3 nitrogen and oxygen atoms in total. The summed E-state index contributed by atoms with van der Waals surface area (Å²) in [5, 5.41) is 0. The monoisotopic (exact) mass is 318 g/mol. The molecule has 1 aromatic heterocycles. The van der Waals surface area contributed by atoms with Gasteiger partial charge in [0.05, 0.1) is 18.7 Å². The zero-order chi connectivity index (χ0) is 13.7. The Hall–Kier alpha value is -1.68. The minimum absolute atomic E-state index is 0.0907. The van der Waals surface area contributed by atoms with Crippen LogP contribution in [0, 0.1) is 0 Å². The number of aromatic nitrogens is 1. The molecule has 0 saturated carbocycles. The lowest BCUT2D eigenvalue weighted by Crippen LogP contribution is -2.28. The highest BCUT2D eigenvalue weighted by Crippen LogP contribution is 2.12. The van der Waals surface area contributed by atoms with Gasteiger partial charge in [0, 0.05) is 17.7 Å². The molecule has 0 fully saturated rings. The van der Waals surface area contributed by atoms with Crippen LogP contribution in [-0.2, 0) is 17.8 Å². The average Bonchev–Trinajstić information content (AvgIpc) is 2.42. The van der Waals surface area contributed by atoms with Crippen LogP contribution in [-0.4, -0.2) is 22.8 Å². The van der Waals surface area contributed by atoms with E-state index in [1.807, 2.05) is 42.5 Å². The van der Waals surface area contributed by atoms with Crippen molar-refractivity contribution >= 4 is 21.8 Å². The summed E-state index contributed by atoms with van der Waals surface area (Å²) in [6.45, 7) is 0.538. The number of nitrogens with zero attached hydrogens (tertiary/aromatic N) is 2. The van der Waals surface area contributed by atoms with Crippen LogP contribution in [0.2, 0.25) is 0 Å². The first-order valence-electron chi connectivity index (χ1n) is 6.03. The van der Waals surface area contributed by atoms with Gasteiger partial charge in [-0.25, -0.2) is 0 Å². The standard InChI is InChI=1S/C15H15BrN2O/c1-18(11-14-4-2-3-9-17-14)15(19)10-12-5-7-13(16)8-6-12/h2-9H,10-11H2,1H3. The van der Waals surface area contributed by atoms with Crippen molar-refractivity contribution in [3.8, 4) is 0 Å². The minimum Gasteiger partial charge on any atom is -0.340 e. The molecule has 0 saturated heterocycles. The largest absolute Gasteiger partial charge is 0.340 e. The van der Waals surface area contributed by atoms with Crippen molar-refractivity contribution in [1.82, 2.24) is 9.88 Å². The second kappa shape index (κ2) is 6.48. The molecule has 2 rings (SSSR count). The molecule has 0 bridgehead atoms. The first-order valence-corrected chi connectivity index (χ1v) is 6.83. The molecule has 0 atom stereocenters. The van der Waals surface area contributed by atoms with Gasteiger partial charge in [0.1, 0.15) is 0 Å². The summed E-state index contributed by atoms with van der Waals surface area (Å²) in [7, 11) is 1.80. The number of hydrogen-bond acceptors (Lipinski definition) is 2. The van der Waals surface area contributed by atoms with E-state index in [0.29, 0.717) is 13.0 Å². The Morgan fingerprint density at radius 2 is 1.95 bits per heavy atom. The Balaban J connectivity index is 1.94. The zero-order valence-electron chi connectivity index (χ0n) is 10.7. The van der Waals surface area contributed by atoms with Crippen molar-refractivity contribution in [2.45, 2.75) is 13.0 Å². The van der Waals surface area contributed by atoms with E-state index in [1.54, 1.807) is 18.1 Å². The van der Waals surface area contributed by atoms with Crippen molar-refractivity contribution in [3.05, 3.63) is 64.4 Å². The van der Waals surface area contributed by atoms with Crippen LogP contribution >= 0.6 is 15.9 Å². The van der Waals surface area contributed by atoms with E-state index in [9.17, 15) is 4.79 Å². The first kappa shape index (κ1) is 13.7. The predicted molar refractivity (Wildman–Crippen MR) is 78.6 cm³/mol. The Bertz CT molecular complexity index is 540. The van der Waals surface area contributed by atoms with Crippen LogP contribution < -0.4 is 0 Å². The molecule has 1 heterocycles. The summed E-state index contributed by atoms with van der Waals surface area (Å²) < 4.78 is 1.02. The summed E-state index contributed by atoms with van der Waals surface area (Å²) in [5.41, 5.74) is 1.91. The molecule has 0 spiro atoms. The summed E-state index contributed by atoms with van der Waals surface area (Å²) in [4.78, 5) is 18.0. The number of hydrogen-bond donors (Lipinski definition) is 0. The first-order chi connectivity index (χ1) is 9.15. The van der Waals surface area contributed by atoms with Crippen molar-refractivity contribution in [1.29, 1.82) is 0 Å². The smallest absolute Gasteiger partial charge is 0.227 e. The second-order valence-corrected chi connectivity index (χ2v) is 5.29. The molecular weight excluding hydrogens is 304 g/mol. The van der Waals surface area contributed by atoms with Crippen LogP contribution in [0.4, 0.5) is 0 Å². The number of likely N-dealkylation sites (N-methyl/N-ethyl adjacent to an activating group) is 1. The molecule has 2 aromatic rings. The third-order valence-electron chi connectivity index (χ3n) is 2.82. The lowest BCUT2D eigenvalue weighted by Gasteiger charge is -2.16. The van der Waals surface area contributed by atoms with Gasteiger partial charge >= 0.3 is 0 Å². The van der Waals surface area contributed by atoms with Crippen LogP contribution in [0.1, 0.15) is 11.3 Å². The second-order valence-electron chi connectivity index (χ2n) is 4.37. The Morgan fingerprint density at radius 1 is 1.21 bits per heavy atom. The van der Waals surface area contributed by atoms with E-state index in [2.05, 4.69) is 20.9 Å². The van der Waals surface area contributed by atoms with Crippen molar-refractivity contribution in [3.63, 3.8) is 0 Å². The SMILES string of the molecule is CN(Cc1ccccn1)C(=O)Cc1ccc(Br)cc1. The Kier molecular flexibility index (Phi) is 4.68. The van der Waals surface area contributed by atoms with Gasteiger partial charge in [-0.2, -0.15) is 0 Å². The molecule has 4 heteroatoms. The quantitative estimate of drug-likeness (QED) is 0.868. The maximum atomic E-state index is 12.1. The third-order valence-corrected chi connectivity index (χ3v) is 3.35. The van der Waals surface area contributed by atoms with E-state index in [1.165, 1.54) is 0 Å². The molecule has 1 amide bonds. The summed E-state index contributed by atoms with van der Waals surface area (Å²) >= 11 is 3.38. The van der Waals surface area contributed by atoms with Gasteiger partial charge in [-0.15, -0.1) is 0 Å². The zero-order valence-corrected chi connectivity index (χ0v) is 12.3. The molecule has 0 unspecified atom stereocenters. The molecule has 1 aromatic carbocycles. The van der Waals surface area contributed by atoms with E-state index < -0.39 is 0 Å². The molecule has 98 valence electrons. The number of benzene rings is 1. The number of amides is 1. The number of carbonyl (C=O) groups excluding carboxylic acids is 1. The summed E-state index contributed by atoms with van der Waals surface area (Å²) in [5.74, 6) is 0.0907. The maximum absolute atomic E-state index is 12.1. The molecule has 0 aliphatic carbocycles. The van der Waals surface area contributed by atoms with Crippen LogP contribution in [0.25, 0.3) is 0 Å². The minimum atomic E-state index is 0.0907. The van der Waals surface area contributed by atoms with E-state index in [-0.39, 0.29) is 5.91 Å². The van der Waals surface area contributed by atoms with Gasteiger partial charge < -0.3 is 4.90 Å². The van der Waals surface area contributed by atoms with E-state index in [0.717, 1.165) is 15.7 Å². The topological polar surface area (TPSA) is 33.2 Å². The number of rotatable bonds is 4. The van der Waals surface area contributed by atoms with Crippen molar-refractivity contribution in [2.75, 3.05) is 7.05 Å². The van der Waals surface area contributed by atoms with E-state index >= 15 is 0 Å². The molecular formula is C15H15BrN2O. The molecule has 0 N–H and O–H groups in total. The lowest BCUT2D eigenvalue weighted by molar-refractivity contribution is -0.129. The maximum Gasteiger partial charge on any atom is 0.227 e. The Labute approximate surface area is 121 Å². The fourth-order valence-electron chi connectivity index (χ4n) is 1.73. The summed E-state index contributed by atoms with van der Waals surface area (Å²) in [6.07, 6.45) is 2.15. The van der Waals surface area contributed by atoms with Crippen LogP contribution in [0.5, 0.6) is 0 Å². The lowest BCUT2D eigenvalue weighted by atomic mass is 10.1. The highest BCUT2D eigenvalue weighted by Gasteiger charge is 2.10. The number of pyridine rings is 1. The molecule has 0 aliphatic rings. The summed E-state index contributed by atoms with van der Waals surface area (Å²) in [6, 6.07) is 13.5. The number of carbonyl (C=O) groups is 1. The van der Waals surface area contributed by atoms with Gasteiger partial charge in [0.2, 0.25) is 5.91 Å². The molecule has 19 heavy (non-hydrogen) atoms. The highest BCUT2D eigenvalue weighted by atomic mass is 79.9. The van der Waals surface area contributed by atoms with Gasteiger partial charge in [-0.05, 0) is 29.8 Å². The van der Waals surface area contributed by atoms with Crippen molar-refractivity contribution < 1.29 is 4.79 Å². The Morgan fingerprint density at radius 3 is 2.58 bits per heavy atom. The highest BCUT2D eigenvalue weighted by molar-refractivity contribution is 9.10. The average molecular weight is 319 g/mol. The van der Waals surface area contributed by atoms with Gasteiger partial charge in [0.25, 0.3) is 0 Å². The van der Waals surface area contributed by atoms with Gasteiger partial charge in [-0.1, -0.05) is 34.1 Å². The van der Waals surface area contributed by atoms with E-state index in [4.69, 9.17) is 0 Å². The fraction of sp³-hybridized carbons (Fsp3) is 0.200. The fourth-order valence-corrected chi connectivity index (χ4v) is 2.00. The predicted octanol–water partition coefficient (Wildman–Crippen LogP) is 3.05. The molecule has 0 radical (unpaired) electrons. The normalized spacial score (nSPS) is 10.2. The van der Waals surface area contributed by atoms with Crippen LogP contribution in [0.3, 0.4) is 0 Å². The van der Waals surface area contributed by atoms with Gasteiger partial charge in [-0.3, -0.25) is 9.78 Å². The van der Waals surface area contributed by atoms with Gasteiger partial charge in [0.15, 0.2) is 0 Å². The van der Waals surface area contributed by atoms with Crippen molar-refractivity contribution in [2.24, 2.45) is 0 Å².